The third kappa shape index (κ3) is 5.92. The second-order valence-corrected chi connectivity index (χ2v) is 7.66. The van der Waals surface area contributed by atoms with Gasteiger partial charge < -0.3 is 14.2 Å². The molecule has 0 saturated heterocycles. The van der Waals surface area contributed by atoms with Crippen molar-refractivity contribution in [2.24, 2.45) is 10.9 Å². The van der Waals surface area contributed by atoms with Gasteiger partial charge in [0.25, 0.3) is 0 Å². The van der Waals surface area contributed by atoms with E-state index in [2.05, 4.69) is 4.99 Å². The Labute approximate surface area is 181 Å². The quantitative estimate of drug-likeness (QED) is 0.367. The molecule has 0 spiro atoms. The summed E-state index contributed by atoms with van der Waals surface area (Å²) in [6, 6.07) is 6.97. The molecule has 0 aromatic heterocycles. The van der Waals surface area contributed by atoms with Crippen LogP contribution < -0.4 is 0 Å². The van der Waals surface area contributed by atoms with Gasteiger partial charge >= 0.3 is 17.9 Å². The van der Waals surface area contributed by atoms with Gasteiger partial charge in [-0.15, -0.1) is 0 Å². The van der Waals surface area contributed by atoms with Gasteiger partial charge in [0.1, 0.15) is 19.1 Å². The van der Waals surface area contributed by atoms with Crippen molar-refractivity contribution >= 4 is 35.2 Å². The summed E-state index contributed by atoms with van der Waals surface area (Å²) in [5.74, 6) is -3.05. The maximum Gasteiger partial charge on any atom is 0.336 e. The molecule has 7 nitrogen and oxygen atoms in total. The van der Waals surface area contributed by atoms with E-state index < -0.39 is 29.7 Å². The van der Waals surface area contributed by atoms with Gasteiger partial charge in [-0.1, -0.05) is 23.7 Å². The minimum absolute atomic E-state index is 0.0592. The summed E-state index contributed by atoms with van der Waals surface area (Å²) < 4.78 is 15.5. The van der Waals surface area contributed by atoms with E-state index in [1.807, 2.05) is 0 Å². The number of allylic oxidation sites excluding steroid dienone is 1. The van der Waals surface area contributed by atoms with Crippen LogP contribution in [0.15, 0.2) is 40.5 Å². The second kappa shape index (κ2) is 10.4. The van der Waals surface area contributed by atoms with E-state index in [1.165, 1.54) is 6.92 Å². The Balaban J connectivity index is 2.44. The molecule has 8 heteroatoms. The van der Waals surface area contributed by atoms with Crippen LogP contribution in [0.5, 0.6) is 0 Å². The number of hydrogen-bond acceptors (Lipinski definition) is 7. The van der Waals surface area contributed by atoms with Gasteiger partial charge in [0.05, 0.1) is 11.7 Å². The molecule has 1 aliphatic heterocycles. The van der Waals surface area contributed by atoms with E-state index in [0.717, 1.165) is 0 Å². The summed E-state index contributed by atoms with van der Waals surface area (Å²) in [6.07, 6.45) is -0.323. The van der Waals surface area contributed by atoms with Crippen molar-refractivity contribution in [3.63, 3.8) is 0 Å². The van der Waals surface area contributed by atoms with Crippen molar-refractivity contribution in [2.45, 2.75) is 46.6 Å². The first-order valence-corrected chi connectivity index (χ1v) is 10.0. The molecule has 0 saturated carbocycles. The molecule has 1 aromatic rings. The Kier molecular flexibility index (Phi) is 8.17. The normalized spacial score (nSPS) is 18.7. The monoisotopic (exact) mass is 435 g/mol. The highest BCUT2D eigenvalue weighted by Gasteiger charge is 2.42. The molecule has 0 amide bonds. The van der Waals surface area contributed by atoms with Crippen molar-refractivity contribution in [3.05, 3.63) is 46.1 Å². The van der Waals surface area contributed by atoms with Gasteiger partial charge in [0.15, 0.2) is 0 Å². The first kappa shape index (κ1) is 23.6. The maximum absolute atomic E-state index is 12.9. The molecule has 2 atom stereocenters. The number of nitrogens with zero attached hydrogens (tertiary/aromatic N) is 1. The van der Waals surface area contributed by atoms with Crippen LogP contribution in [0.2, 0.25) is 5.02 Å². The number of rotatable bonds is 7. The van der Waals surface area contributed by atoms with Gasteiger partial charge in [0, 0.05) is 29.3 Å². The number of ether oxygens (including phenoxy) is 3. The molecular weight excluding hydrogens is 410 g/mol. The molecule has 162 valence electrons. The van der Waals surface area contributed by atoms with E-state index in [-0.39, 0.29) is 24.9 Å². The average Bonchev–Trinajstić information content (AvgIpc) is 2.63. The zero-order valence-electron chi connectivity index (χ0n) is 17.7. The minimum atomic E-state index is -0.800. The van der Waals surface area contributed by atoms with E-state index in [1.54, 1.807) is 52.0 Å². The van der Waals surface area contributed by atoms with Crippen LogP contribution in [-0.4, -0.2) is 42.9 Å². The number of esters is 3. The lowest BCUT2D eigenvalue weighted by Gasteiger charge is -2.32. The fourth-order valence-corrected chi connectivity index (χ4v) is 3.57. The number of hydrogen-bond donors (Lipinski definition) is 0. The molecule has 1 aromatic carbocycles. The topological polar surface area (TPSA) is 91.3 Å². The van der Waals surface area contributed by atoms with E-state index in [0.29, 0.717) is 22.0 Å². The van der Waals surface area contributed by atoms with Gasteiger partial charge in [-0.2, -0.15) is 0 Å². The standard InChI is InChI=1S/C22H26ClNO6/c1-12(2)30-22(27)19-14(4)24-13(3)18(21(26)29-10-9-28-15(5)25)20(19)16-7-6-8-17(23)11-16/h6-8,11-12,19-20H,9-10H2,1-5H3. The Hall–Kier alpha value is -2.67. The lowest BCUT2D eigenvalue weighted by Crippen LogP contribution is -2.37. The number of aliphatic imine (C=N–C) groups is 1. The molecule has 2 unspecified atom stereocenters. The van der Waals surface area contributed by atoms with Crippen LogP contribution >= 0.6 is 11.6 Å². The van der Waals surface area contributed by atoms with E-state index >= 15 is 0 Å². The zero-order chi connectivity index (χ0) is 22.4. The van der Waals surface area contributed by atoms with Gasteiger partial charge in [-0.3, -0.25) is 14.6 Å². The Morgan fingerprint density at radius 1 is 1.13 bits per heavy atom. The summed E-state index contributed by atoms with van der Waals surface area (Å²) >= 11 is 6.18. The molecule has 0 N–H and O–H groups in total. The number of carbonyl (C=O) groups excluding carboxylic acids is 3. The van der Waals surface area contributed by atoms with Gasteiger partial charge in [0.2, 0.25) is 0 Å². The van der Waals surface area contributed by atoms with Crippen molar-refractivity contribution in [1.82, 2.24) is 0 Å². The molecule has 0 aliphatic carbocycles. The molecule has 2 rings (SSSR count). The Bertz CT molecular complexity index is 889. The van der Waals surface area contributed by atoms with Crippen LogP contribution in [0.4, 0.5) is 0 Å². The van der Waals surface area contributed by atoms with Crippen LogP contribution in [0.3, 0.4) is 0 Å². The fourth-order valence-electron chi connectivity index (χ4n) is 3.37. The van der Waals surface area contributed by atoms with Crippen molar-refractivity contribution in [3.8, 4) is 0 Å². The van der Waals surface area contributed by atoms with Crippen LogP contribution in [-0.2, 0) is 28.6 Å². The molecule has 0 fully saturated rings. The fraction of sp³-hybridized carbons (Fsp3) is 0.455. The summed E-state index contributed by atoms with van der Waals surface area (Å²) in [6.45, 7) is 8.04. The summed E-state index contributed by atoms with van der Waals surface area (Å²) in [5, 5.41) is 0.476. The highest BCUT2D eigenvalue weighted by Crippen LogP contribution is 2.40. The highest BCUT2D eigenvalue weighted by atomic mass is 35.5. The summed E-state index contributed by atoms with van der Waals surface area (Å²) in [7, 11) is 0. The predicted octanol–water partition coefficient (Wildman–Crippen LogP) is 3.85. The first-order valence-electron chi connectivity index (χ1n) is 9.64. The van der Waals surface area contributed by atoms with Crippen LogP contribution in [0, 0.1) is 5.92 Å². The van der Waals surface area contributed by atoms with Crippen LogP contribution in [0.25, 0.3) is 0 Å². The predicted molar refractivity (Wildman–Crippen MR) is 112 cm³/mol. The van der Waals surface area contributed by atoms with Crippen molar-refractivity contribution in [2.75, 3.05) is 13.2 Å². The van der Waals surface area contributed by atoms with E-state index in [4.69, 9.17) is 25.8 Å². The minimum Gasteiger partial charge on any atom is -0.462 e. The SMILES string of the molecule is CC(=O)OCCOC(=O)C1=C(C)N=C(C)C(C(=O)OC(C)C)C1c1cccc(Cl)c1. The van der Waals surface area contributed by atoms with Crippen LogP contribution in [0.1, 0.15) is 46.1 Å². The zero-order valence-corrected chi connectivity index (χ0v) is 18.5. The Morgan fingerprint density at radius 2 is 1.80 bits per heavy atom. The third-order valence-corrected chi connectivity index (χ3v) is 4.72. The largest absolute Gasteiger partial charge is 0.462 e. The van der Waals surface area contributed by atoms with Gasteiger partial charge in [-0.25, -0.2) is 4.79 Å². The first-order chi connectivity index (χ1) is 14.1. The number of halogens is 1. The second-order valence-electron chi connectivity index (χ2n) is 7.22. The molecule has 1 aliphatic rings. The number of benzene rings is 1. The van der Waals surface area contributed by atoms with Crippen molar-refractivity contribution in [1.29, 1.82) is 0 Å². The molecule has 0 bridgehead atoms. The lowest BCUT2D eigenvalue weighted by molar-refractivity contribution is -0.151. The highest BCUT2D eigenvalue weighted by molar-refractivity contribution is 6.30. The summed E-state index contributed by atoms with van der Waals surface area (Å²) in [4.78, 5) is 41.2. The number of carbonyl (C=O) groups is 3. The van der Waals surface area contributed by atoms with Gasteiger partial charge in [-0.05, 0) is 45.4 Å². The Morgan fingerprint density at radius 3 is 2.40 bits per heavy atom. The lowest BCUT2D eigenvalue weighted by atomic mass is 9.75. The molecule has 0 radical (unpaired) electrons. The molecule has 30 heavy (non-hydrogen) atoms. The molecule has 1 heterocycles. The summed E-state index contributed by atoms with van der Waals surface area (Å²) in [5.41, 5.74) is 1.91. The third-order valence-electron chi connectivity index (χ3n) is 4.48. The van der Waals surface area contributed by atoms with Crippen molar-refractivity contribution < 1.29 is 28.6 Å². The molecular formula is C22H26ClNO6. The van der Waals surface area contributed by atoms with E-state index in [9.17, 15) is 14.4 Å². The smallest absolute Gasteiger partial charge is 0.336 e. The maximum atomic E-state index is 12.9. The average molecular weight is 436 g/mol.